The van der Waals surface area contributed by atoms with Gasteiger partial charge in [0.05, 0.1) is 18.6 Å². The van der Waals surface area contributed by atoms with Gasteiger partial charge >= 0.3 is 5.97 Å². The van der Waals surface area contributed by atoms with Gasteiger partial charge in [-0.15, -0.1) is 0 Å². The quantitative estimate of drug-likeness (QED) is 0.816. The van der Waals surface area contributed by atoms with Crippen molar-refractivity contribution in [1.29, 1.82) is 0 Å². The average molecular weight is 379 g/mol. The smallest absolute Gasteiger partial charge is 0.341 e. The number of nitrogens with zero attached hydrogens (tertiary/aromatic N) is 2. The van der Waals surface area contributed by atoms with Crippen LogP contribution in [0.5, 0.6) is 5.75 Å². The molecule has 4 rings (SSSR count). The summed E-state index contributed by atoms with van der Waals surface area (Å²) in [5, 5.41) is 11.6. The van der Waals surface area contributed by atoms with Gasteiger partial charge in [0.25, 0.3) is 5.91 Å². The van der Waals surface area contributed by atoms with E-state index in [1.807, 2.05) is 25.3 Å². The minimum atomic E-state index is -1.03. The van der Waals surface area contributed by atoms with Gasteiger partial charge in [-0.2, -0.15) is 0 Å². The van der Waals surface area contributed by atoms with Crippen molar-refractivity contribution in [2.45, 2.75) is 19.0 Å². The summed E-state index contributed by atoms with van der Waals surface area (Å²) in [7, 11) is 0. The molecule has 2 N–H and O–H groups in total. The fourth-order valence-corrected chi connectivity index (χ4v) is 3.67. The maximum Gasteiger partial charge on any atom is 0.341 e. The molecule has 2 unspecified atom stereocenters. The number of ether oxygens (including phenoxy) is 1. The van der Waals surface area contributed by atoms with Crippen LogP contribution < -0.4 is 10.1 Å². The monoisotopic (exact) mass is 379 g/mol. The Hall–Kier alpha value is -3.19. The molecule has 3 aliphatic rings. The molecule has 2 heterocycles. The largest absolute Gasteiger partial charge is 0.482 e. The Morgan fingerprint density at radius 3 is 3.04 bits per heavy atom. The summed E-state index contributed by atoms with van der Waals surface area (Å²) in [6, 6.07) is 5.48. The van der Waals surface area contributed by atoms with Crippen molar-refractivity contribution < 1.29 is 19.4 Å². The summed E-state index contributed by atoms with van der Waals surface area (Å²) in [6.07, 6.45) is 9.99. The molecule has 1 aliphatic carbocycles. The van der Waals surface area contributed by atoms with Gasteiger partial charge in [0.1, 0.15) is 5.75 Å². The maximum atomic E-state index is 12.7. The van der Waals surface area contributed by atoms with Crippen molar-refractivity contribution in [2.75, 3.05) is 25.0 Å². The van der Waals surface area contributed by atoms with E-state index in [1.54, 1.807) is 18.2 Å². The Labute approximate surface area is 162 Å². The lowest BCUT2D eigenvalue weighted by molar-refractivity contribution is -0.139. The molecule has 1 amide bonds. The van der Waals surface area contributed by atoms with Crippen molar-refractivity contribution in [3.63, 3.8) is 0 Å². The lowest BCUT2D eigenvalue weighted by Crippen LogP contribution is -2.42. The first kappa shape index (κ1) is 18.2. The molecule has 0 saturated carbocycles. The first-order chi connectivity index (χ1) is 13.5. The summed E-state index contributed by atoms with van der Waals surface area (Å²) in [6.45, 7) is 3.16. The van der Waals surface area contributed by atoms with Crippen LogP contribution in [0.1, 0.15) is 5.56 Å². The molecule has 144 valence electrons. The first-order valence-electron chi connectivity index (χ1n) is 9.15. The van der Waals surface area contributed by atoms with Gasteiger partial charge in [0.2, 0.25) is 0 Å². The average Bonchev–Trinajstić information content (AvgIpc) is 3.06. The third kappa shape index (κ3) is 3.61. The summed E-state index contributed by atoms with van der Waals surface area (Å²) >= 11 is 0. The Morgan fingerprint density at radius 1 is 1.39 bits per heavy atom. The van der Waals surface area contributed by atoms with Gasteiger partial charge in [0, 0.05) is 24.0 Å². The number of carbonyl (C=O) groups excluding carboxylic acids is 1. The molecule has 0 saturated heterocycles. The zero-order valence-electron chi connectivity index (χ0n) is 15.5. The Morgan fingerprint density at radius 2 is 2.25 bits per heavy atom. The number of amides is 1. The van der Waals surface area contributed by atoms with E-state index < -0.39 is 12.6 Å². The number of carboxylic acid groups (broad SMARTS) is 1. The molecule has 0 radical (unpaired) electrons. The topological polar surface area (TPSA) is 91.2 Å². The van der Waals surface area contributed by atoms with Crippen molar-refractivity contribution in [3.05, 3.63) is 59.2 Å². The molecule has 0 spiro atoms. The van der Waals surface area contributed by atoms with E-state index >= 15 is 0 Å². The van der Waals surface area contributed by atoms with Crippen LogP contribution in [0.25, 0.3) is 0 Å². The van der Waals surface area contributed by atoms with Crippen LogP contribution in [0.2, 0.25) is 0 Å². The summed E-state index contributed by atoms with van der Waals surface area (Å²) < 4.78 is 5.16. The number of carboxylic acids is 1. The first-order valence-corrected chi connectivity index (χ1v) is 9.15. The molecule has 2 aliphatic heterocycles. The molecule has 28 heavy (non-hydrogen) atoms. The van der Waals surface area contributed by atoms with Crippen LogP contribution in [0.3, 0.4) is 0 Å². The highest BCUT2D eigenvalue weighted by Crippen LogP contribution is 2.31. The van der Waals surface area contributed by atoms with Crippen molar-refractivity contribution in [1.82, 2.24) is 4.90 Å². The molecule has 0 fully saturated rings. The second kappa shape index (κ2) is 7.44. The van der Waals surface area contributed by atoms with Crippen LogP contribution >= 0.6 is 0 Å². The Kier molecular flexibility index (Phi) is 4.83. The number of hydrogen-bond donors (Lipinski definition) is 2. The van der Waals surface area contributed by atoms with Crippen LogP contribution in [-0.2, 0) is 9.59 Å². The zero-order chi connectivity index (χ0) is 19.7. The fraction of sp³-hybridized carbons (Fsp3) is 0.286. The minimum Gasteiger partial charge on any atom is -0.482 e. The molecular formula is C21H21N3O4. The highest BCUT2D eigenvalue weighted by Gasteiger charge is 2.34. The zero-order valence-corrected chi connectivity index (χ0v) is 15.5. The molecular weight excluding hydrogens is 358 g/mol. The van der Waals surface area contributed by atoms with E-state index in [9.17, 15) is 9.59 Å². The fourth-order valence-electron chi connectivity index (χ4n) is 3.67. The van der Waals surface area contributed by atoms with Crippen LogP contribution in [-0.4, -0.2) is 59.9 Å². The molecule has 7 heteroatoms. The predicted octanol–water partition coefficient (Wildman–Crippen LogP) is 1.96. The number of anilines is 1. The van der Waals surface area contributed by atoms with Crippen molar-refractivity contribution in [2.24, 2.45) is 4.99 Å². The van der Waals surface area contributed by atoms with Crippen molar-refractivity contribution in [3.8, 4) is 5.75 Å². The lowest BCUT2D eigenvalue weighted by Gasteiger charge is -2.30. The van der Waals surface area contributed by atoms with Crippen LogP contribution in [0.15, 0.2) is 58.6 Å². The number of hydrogen-bond acceptors (Lipinski definition) is 5. The minimum absolute atomic E-state index is 0.184. The molecule has 0 aromatic heterocycles. The van der Waals surface area contributed by atoms with Gasteiger partial charge in [-0.25, -0.2) is 4.79 Å². The number of aliphatic imine (C=N–C) groups is 1. The molecule has 0 bridgehead atoms. The van der Waals surface area contributed by atoms with E-state index in [0.29, 0.717) is 17.0 Å². The second-order valence-corrected chi connectivity index (χ2v) is 6.97. The van der Waals surface area contributed by atoms with Crippen molar-refractivity contribution >= 4 is 23.8 Å². The molecule has 1 aromatic carbocycles. The van der Waals surface area contributed by atoms with Crippen LogP contribution in [0, 0.1) is 6.92 Å². The highest BCUT2D eigenvalue weighted by atomic mass is 16.5. The summed E-state index contributed by atoms with van der Waals surface area (Å²) in [4.78, 5) is 30.0. The van der Waals surface area contributed by atoms with E-state index in [-0.39, 0.29) is 18.0 Å². The standard InChI is InChI=1S/C21H21N3O4/c1-13-8-17(28-12-20(25)26)3-4-18(13)23-21(27)14-2-5-19-15(9-14)10-16-11-22-6-7-24(16)19/h2-5,8-11,16,19H,6-7,12H2,1H3,(H,23,27)(H,25,26). The van der Waals surface area contributed by atoms with E-state index in [1.165, 1.54) is 0 Å². The third-order valence-electron chi connectivity index (χ3n) is 5.04. The SMILES string of the molecule is Cc1cc(OCC(=O)O)ccc1NC(=O)C1=CC2=CC3C=NCCN3C2C=C1. The number of aliphatic carboxylic acids is 1. The van der Waals surface area contributed by atoms with E-state index in [4.69, 9.17) is 9.84 Å². The van der Waals surface area contributed by atoms with Gasteiger partial charge in [-0.1, -0.05) is 18.2 Å². The predicted molar refractivity (Wildman–Crippen MR) is 106 cm³/mol. The molecule has 7 nitrogen and oxygen atoms in total. The molecule has 1 aromatic rings. The number of rotatable bonds is 5. The lowest BCUT2D eigenvalue weighted by atomic mass is 9.98. The Balaban J connectivity index is 1.45. The summed E-state index contributed by atoms with van der Waals surface area (Å²) in [5.74, 6) is -0.767. The molecule has 2 atom stereocenters. The van der Waals surface area contributed by atoms with Crippen LogP contribution in [0.4, 0.5) is 5.69 Å². The highest BCUT2D eigenvalue weighted by molar-refractivity contribution is 6.06. The van der Waals surface area contributed by atoms with Gasteiger partial charge in [0.15, 0.2) is 6.61 Å². The number of fused-ring (bicyclic) bond motifs is 3. The number of carbonyl (C=O) groups is 2. The second-order valence-electron chi connectivity index (χ2n) is 6.97. The van der Waals surface area contributed by atoms with Gasteiger partial charge in [-0.3, -0.25) is 14.7 Å². The normalized spacial score (nSPS) is 22.8. The van der Waals surface area contributed by atoms with E-state index in [2.05, 4.69) is 27.4 Å². The summed E-state index contributed by atoms with van der Waals surface area (Å²) in [5.41, 5.74) is 3.18. The number of nitrogens with one attached hydrogen (secondary N) is 1. The number of aryl methyl sites for hydroxylation is 1. The van der Waals surface area contributed by atoms with Gasteiger partial charge in [-0.05, 0) is 42.3 Å². The number of benzene rings is 1. The maximum absolute atomic E-state index is 12.7. The van der Waals surface area contributed by atoms with Gasteiger partial charge < -0.3 is 15.2 Å². The van der Waals surface area contributed by atoms with E-state index in [0.717, 1.165) is 24.2 Å². The third-order valence-corrected chi connectivity index (χ3v) is 5.04. The Bertz CT molecular complexity index is 945.